The molecule has 1 nitrogen and oxygen atoms in total. The molecule has 0 saturated carbocycles. The van der Waals surface area contributed by atoms with Crippen LogP contribution in [0.3, 0.4) is 0 Å². The first kappa shape index (κ1) is 8.26. The molecule has 1 heterocycles. The Bertz CT molecular complexity index is 384. The molecular weight excluding hydrogens is 187 g/mol. The van der Waals surface area contributed by atoms with Gasteiger partial charge >= 0.3 is 0 Å². The van der Waals surface area contributed by atoms with Crippen molar-refractivity contribution in [2.24, 2.45) is 0 Å². The Balaban J connectivity index is 2.19. The van der Waals surface area contributed by atoms with E-state index < -0.39 is 0 Å². The van der Waals surface area contributed by atoms with E-state index in [9.17, 15) is 4.39 Å². The average Bonchev–Trinajstić information content (AvgIpc) is 2.57. The van der Waals surface area contributed by atoms with E-state index in [-0.39, 0.29) is 5.82 Å². The van der Waals surface area contributed by atoms with Gasteiger partial charge in [-0.05, 0) is 24.3 Å². The molecule has 0 aliphatic carbocycles. The number of halogens is 1. The van der Waals surface area contributed by atoms with Crippen LogP contribution in [0.15, 0.2) is 36.4 Å². The van der Waals surface area contributed by atoms with Crippen LogP contribution in [0.4, 0.5) is 4.39 Å². The summed E-state index contributed by atoms with van der Waals surface area (Å²) in [5, 5.41) is 3.60. The van der Waals surface area contributed by atoms with Crippen LogP contribution >= 0.6 is 11.3 Å². The van der Waals surface area contributed by atoms with Crippen molar-refractivity contribution >= 4 is 11.3 Å². The predicted molar refractivity (Wildman–Crippen MR) is 49.6 cm³/mol. The zero-order valence-electron chi connectivity index (χ0n) is 6.66. The molecule has 0 unspecified atom stereocenters. The minimum atomic E-state index is -0.293. The third-order valence-corrected chi connectivity index (χ3v) is 2.14. The molecule has 2 aromatic rings. The van der Waals surface area contributed by atoms with Crippen molar-refractivity contribution in [3.8, 4) is 10.8 Å². The lowest BCUT2D eigenvalue weighted by Crippen LogP contribution is -1.81. The summed E-state index contributed by atoms with van der Waals surface area (Å²) >= 11 is 1.35. The first-order valence-corrected chi connectivity index (χ1v) is 4.55. The zero-order valence-corrected chi connectivity index (χ0v) is 7.48. The monoisotopic (exact) mass is 193 g/mol. The molecule has 0 aliphatic rings. The molecule has 0 atom stereocenters. The lowest BCUT2D eigenvalue weighted by molar-refractivity contribution is 0.490. The van der Waals surface area contributed by atoms with Crippen molar-refractivity contribution in [2.75, 3.05) is 0 Å². The molecule has 0 bridgehead atoms. The molecule has 65 valence electrons. The van der Waals surface area contributed by atoms with Gasteiger partial charge in [0.25, 0.3) is 0 Å². The Hall–Kier alpha value is -1.35. The minimum Gasteiger partial charge on any atom is -0.447 e. The van der Waals surface area contributed by atoms with Crippen molar-refractivity contribution in [1.82, 2.24) is 0 Å². The molecule has 0 aliphatic heterocycles. The van der Waals surface area contributed by atoms with E-state index in [0.29, 0.717) is 10.8 Å². The smallest absolute Gasteiger partial charge is 0.181 e. The fourth-order valence-electron chi connectivity index (χ4n) is 0.930. The zero-order chi connectivity index (χ0) is 9.10. The highest BCUT2D eigenvalue weighted by molar-refractivity contribution is 7.11. The minimum absolute atomic E-state index is 0.293. The van der Waals surface area contributed by atoms with Crippen LogP contribution in [-0.4, -0.2) is 0 Å². The SMILES string of the molecule is Fc1cccc(Oc2cc[c]s2)c1. The Labute approximate surface area is 79.4 Å². The topological polar surface area (TPSA) is 9.23 Å². The Morgan fingerprint density at radius 2 is 2.23 bits per heavy atom. The van der Waals surface area contributed by atoms with Crippen LogP contribution in [0.5, 0.6) is 10.8 Å². The molecule has 1 aromatic carbocycles. The van der Waals surface area contributed by atoms with Crippen LogP contribution in [0.25, 0.3) is 0 Å². The average molecular weight is 193 g/mol. The van der Waals surface area contributed by atoms with E-state index in [1.807, 2.05) is 0 Å². The van der Waals surface area contributed by atoms with E-state index in [4.69, 9.17) is 4.74 Å². The number of ether oxygens (including phenoxy) is 1. The molecule has 2 rings (SSSR count). The standard InChI is InChI=1S/C10H6FOS/c11-8-3-1-4-9(7-8)12-10-5-2-6-13-10/h1-5,7H. The van der Waals surface area contributed by atoms with E-state index in [1.54, 1.807) is 24.3 Å². The Morgan fingerprint density at radius 1 is 1.31 bits per heavy atom. The summed E-state index contributed by atoms with van der Waals surface area (Å²) < 4.78 is 18.1. The molecule has 3 heteroatoms. The van der Waals surface area contributed by atoms with Gasteiger partial charge in [0.05, 0.1) is 0 Å². The molecule has 1 radical (unpaired) electrons. The molecule has 0 fully saturated rings. The van der Waals surface area contributed by atoms with Gasteiger partial charge < -0.3 is 4.74 Å². The largest absolute Gasteiger partial charge is 0.447 e. The molecule has 0 amide bonds. The van der Waals surface area contributed by atoms with Crippen LogP contribution < -0.4 is 4.74 Å². The number of thiophene rings is 1. The summed E-state index contributed by atoms with van der Waals surface area (Å²) in [6.07, 6.45) is 0. The Morgan fingerprint density at radius 3 is 2.92 bits per heavy atom. The molecule has 1 aromatic heterocycles. The first-order valence-electron chi connectivity index (χ1n) is 3.74. The van der Waals surface area contributed by atoms with E-state index >= 15 is 0 Å². The van der Waals surface area contributed by atoms with E-state index in [2.05, 4.69) is 5.38 Å². The lowest BCUT2D eigenvalue weighted by atomic mass is 10.3. The van der Waals surface area contributed by atoms with Crippen LogP contribution in [0, 0.1) is 11.2 Å². The van der Waals surface area contributed by atoms with Gasteiger partial charge in [0, 0.05) is 11.4 Å². The van der Waals surface area contributed by atoms with Gasteiger partial charge in [0.2, 0.25) is 0 Å². The van der Waals surface area contributed by atoms with Crippen molar-refractivity contribution in [3.63, 3.8) is 0 Å². The van der Waals surface area contributed by atoms with Gasteiger partial charge in [0.1, 0.15) is 11.6 Å². The summed E-state index contributed by atoms with van der Waals surface area (Å²) in [4.78, 5) is 0. The first-order chi connectivity index (χ1) is 6.34. The summed E-state index contributed by atoms with van der Waals surface area (Å²) in [5.41, 5.74) is 0. The highest BCUT2D eigenvalue weighted by atomic mass is 32.1. The van der Waals surface area contributed by atoms with E-state index in [1.165, 1.54) is 23.5 Å². The molecule has 13 heavy (non-hydrogen) atoms. The number of benzene rings is 1. The van der Waals surface area contributed by atoms with Crippen LogP contribution in [-0.2, 0) is 0 Å². The molecule has 0 spiro atoms. The maximum Gasteiger partial charge on any atom is 0.181 e. The molecular formula is C10H6FOS. The van der Waals surface area contributed by atoms with Crippen molar-refractivity contribution in [1.29, 1.82) is 0 Å². The Kier molecular flexibility index (Phi) is 2.27. The summed E-state index contributed by atoms with van der Waals surface area (Å²) in [7, 11) is 0. The van der Waals surface area contributed by atoms with Gasteiger partial charge in [-0.1, -0.05) is 17.4 Å². The van der Waals surface area contributed by atoms with Crippen LogP contribution in [0.2, 0.25) is 0 Å². The number of rotatable bonds is 2. The maximum atomic E-state index is 12.7. The van der Waals surface area contributed by atoms with Gasteiger partial charge in [0.15, 0.2) is 5.06 Å². The number of hydrogen-bond acceptors (Lipinski definition) is 2. The fraction of sp³-hybridized carbons (Fsp3) is 0. The van der Waals surface area contributed by atoms with Gasteiger partial charge in [-0.2, -0.15) is 0 Å². The van der Waals surface area contributed by atoms with Crippen molar-refractivity contribution in [3.05, 3.63) is 47.6 Å². The second kappa shape index (κ2) is 3.58. The molecule has 0 saturated heterocycles. The van der Waals surface area contributed by atoms with Crippen LogP contribution in [0.1, 0.15) is 0 Å². The lowest BCUT2D eigenvalue weighted by Gasteiger charge is -2.01. The normalized spacial score (nSPS) is 9.92. The van der Waals surface area contributed by atoms with Crippen molar-refractivity contribution in [2.45, 2.75) is 0 Å². The van der Waals surface area contributed by atoms with E-state index in [0.717, 1.165) is 0 Å². The maximum absolute atomic E-state index is 12.7. The highest BCUT2D eigenvalue weighted by Gasteiger charge is 1.98. The summed E-state index contributed by atoms with van der Waals surface area (Å²) in [5.74, 6) is 0.217. The third-order valence-electron chi connectivity index (χ3n) is 1.46. The second-order valence-electron chi connectivity index (χ2n) is 2.43. The highest BCUT2D eigenvalue weighted by Crippen LogP contribution is 2.25. The predicted octanol–water partition coefficient (Wildman–Crippen LogP) is 3.48. The fourth-order valence-corrected chi connectivity index (χ4v) is 1.46. The van der Waals surface area contributed by atoms with Gasteiger partial charge in [-0.25, -0.2) is 4.39 Å². The van der Waals surface area contributed by atoms with Crippen molar-refractivity contribution < 1.29 is 9.13 Å². The number of hydrogen-bond donors (Lipinski definition) is 0. The second-order valence-corrected chi connectivity index (χ2v) is 3.27. The van der Waals surface area contributed by atoms with Gasteiger partial charge in [-0.3, -0.25) is 0 Å². The third kappa shape index (κ3) is 2.06. The summed E-state index contributed by atoms with van der Waals surface area (Å²) in [6.45, 7) is 0. The quantitative estimate of drug-likeness (QED) is 0.709. The molecule has 0 N–H and O–H groups in total. The van der Waals surface area contributed by atoms with Gasteiger partial charge in [-0.15, -0.1) is 0 Å². The summed E-state index contributed by atoms with van der Waals surface area (Å²) in [6, 6.07) is 9.60.